The van der Waals surface area contributed by atoms with Crippen LogP contribution in [-0.2, 0) is 4.79 Å². The molecular formula is C29H30BrN3O8. The summed E-state index contributed by atoms with van der Waals surface area (Å²) in [4.78, 5) is 37.2. The Bertz CT molecular complexity index is 1400. The van der Waals surface area contributed by atoms with E-state index in [9.17, 15) is 14.4 Å². The number of hydrogen-bond acceptors (Lipinski definition) is 9. The minimum absolute atomic E-state index is 0.173. The lowest BCUT2D eigenvalue weighted by Gasteiger charge is -2.14. The predicted octanol–water partition coefficient (Wildman–Crippen LogP) is 4.36. The molecule has 216 valence electrons. The van der Waals surface area contributed by atoms with Crippen molar-refractivity contribution in [2.24, 2.45) is 5.10 Å². The van der Waals surface area contributed by atoms with Crippen LogP contribution in [0.15, 0.2) is 64.2 Å². The Kier molecular flexibility index (Phi) is 11.5. The lowest BCUT2D eigenvalue weighted by atomic mass is 10.1. The number of rotatable bonds is 13. The molecule has 0 unspecified atom stereocenters. The molecule has 0 radical (unpaired) electrons. The maximum atomic E-state index is 12.9. The van der Waals surface area contributed by atoms with Crippen LogP contribution in [0.2, 0.25) is 0 Å². The highest BCUT2D eigenvalue weighted by atomic mass is 79.9. The van der Waals surface area contributed by atoms with Crippen LogP contribution in [0.5, 0.6) is 28.7 Å². The van der Waals surface area contributed by atoms with Gasteiger partial charge in [-0.3, -0.25) is 9.59 Å². The van der Waals surface area contributed by atoms with Gasteiger partial charge in [-0.15, -0.1) is 0 Å². The largest absolute Gasteiger partial charge is 0.493 e. The fourth-order valence-electron chi connectivity index (χ4n) is 3.63. The van der Waals surface area contributed by atoms with Gasteiger partial charge in [0.15, 0.2) is 23.0 Å². The van der Waals surface area contributed by atoms with Crippen LogP contribution in [0.1, 0.15) is 39.1 Å². The second kappa shape index (κ2) is 15.3. The highest BCUT2D eigenvalue weighted by Crippen LogP contribution is 2.38. The standard InChI is InChI=1S/C29H30BrN3O8/c1-37-23-14-18(17-32-33-26(34)10-7-13-31-28(35)20-8-5-6-9-21(20)30)11-12-22(23)41-29(36)19-15-24(38-2)27(40-4)25(16-19)39-3/h5-6,8-9,11-12,14-17H,7,10,13H2,1-4H3,(H,31,35)(H,33,34). The molecule has 0 bridgehead atoms. The number of carbonyl (C=O) groups is 3. The van der Waals surface area contributed by atoms with Gasteiger partial charge in [0.25, 0.3) is 5.91 Å². The fourth-order valence-corrected chi connectivity index (χ4v) is 4.10. The molecule has 2 N–H and O–H groups in total. The maximum absolute atomic E-state index is 12.9. The van der Waals surface area contributed by atoms with Crippen molar-refractivity contribution in [3.8, 4) is 28.7 Å². The van der Waals surface area contributed by atoms with Crippen molar-refractivity contribution >= 4 is 39.9 Å². The predicted molar refractivity (Wildman–Crippen MR) is 155 cm³/mol. The van der Waals surface area contributed by atoms with Crippen molar-refractivity contribution in [3.63, 3.8) is 0 Å². The van der Waals surface area contributed by atoms with Gasteiger partial charge in [-0.2, -0.15) is 5.10 Å². The van der Waals surface area contributed by atoms with E-state index in [0.29, 0.717) is 45.8 Å². The Hall–Kier alpha value is -4.58. The molecule has 0 fully saturated rings. The van der Waals surface area contributed by atoms with E-state index in [4.69, 9.17) is 23.7 Å². The number of benzene rings is 3. The zero-order chi connectivity index (χ0) is 29.8. The molecule has 11 nitrogen and oxygen atoms in total. The zero-order valence-electron chi connectivity index (χ0n) is 23.0. The molecule has 0 aliphatic carbocycles. The van der Waals surface area contributed by atoms with Crippen molar-refractivity contribution in [1.29, 1.82) is 0 Å². The van der Waals surface area contributed by atoms with Crippen LogP contribution >= 0.6 is 15.9 Å². The molecule has 0 aliphatic heterocycles. The molecule has 41 heavy (non-hydrogen) atoms. The van der Waals surface area contributed by atoms with E-state index < -0.39 is 5.97 Å². The number of hydrazone groups is 1. The number of hydrogen-bond donors (Lipinski definition) is 2. The summed E-state index contributed by atoms with van der Waals surface area (Å²) in [6.45, 7) is 0.338. The van der Waals surface area contributed by atoms with Crippen molar-refractivity contribution in [1.82, 2.24) is 10.7 Å². The summed E-state index contributed by atoms with van der Waals surface area (Å²) in [5.41, 5.74) is 3.75. The molecule has 2 amide bonds. The Labute approximate surface area is 245 Å². The second-order valence-corrected chi connectivity index (χ2v) is 9.20. The highest BCUT2D eigenvalue weighted by Gasteiger charge is 2.19. The molecule has 3 aromatic carbocycles. The average Bonchev–Trinajstić information content (AvgIpc) is 2.99. The number of nitrogens with zero attached hydrogens (tertiary/aromatic N) is 1. The van der Waals surface area contributed by atoms with E-state index in [1.54, 1.807) is 36.4 Å². The topological polar surface area (TPSA) is 134 Å². The summed E-state index contributed by atoms with van der Waals surface area (Å²) in [5, 5.41) is 6.74. The Morgan fingerprint density at radius 2 is 1.54 bits per heavy atom. The second-order valence-electron chi connectivity index (χ2n) is 8.35. The third-order valence-electron chi connectivity index (χ3n) is 5.68. The zero-order valence-corrected chi connectivity index (χ0v) is 24.6. The highest BCUT2D eigenvalue weighted by molar-refractivity contribution is 9.10. The average molecular weight is 628 g/mol. The van der Waals surface area contributed by atoms with Gasteiger partial charge in [-0.1, -0.05) is 12.1 Å². The first-order valence-corrected chi connectivity index (χ1v) is 13.1. The normalized spacial score (nSPS) is 10.6. The molecule has 3 aromatic rings. The van der Waals surface area contributed by atoms with Crippen LogP contribution in [-0.4, -0.2) is 59.0 Å². The molecule has 0 heterocycles. The lowest BCUT2D eigenvalue weighted by molar-refractivity contribution is -0.121. The lowest BCUT2D eigenvalue weighted by Crippen LogP contribution is -2.26. The number of carbonyl (C=O) groups excluding carboxylic acids is 3. The third kappa shape index (κ3) is 8.45. The number of halogens is 1. The monoisotopic (exact) mass is 627 g/mol. The number of esters is 1. The maximum Gasteiger partial charge on any atom is 0.343 e. The van der Waals surface area contributed by atoms with Crippen molar-refractivity contribution in [3.05, 3.63) is 75.8 Å². The summed E-state index contributed by atoms with van der Waals surface area (Å²) in [6.07, 6.45) is 2.05. The van der Waals surface area contributed by atoms with Crippen LogP contribution in [0.25, 0.3) is 0 Å². The summed E-state index contributed by atoms with van der Waals surface area (Å²) in [7, 11) is 5.80. The molecule has 0 aromatic heterocycles. The Morgan fingerprint density at radius 3 is 2.17 bits per heavy atom. The van der Waals surface area contributed by atoms with Gasteiger partial charge in [0.1, 0.15) is 0 Å². The van der Waals surface area contributed by atoms with Gasteiger partial charge in [0.05, 0.1) is 45.8 Å². The minimum Gasteiger partial charge on any atom is -0.493 e. The fraction of sp³-hybridized carbons (Fsp3) is 0.241. The molecule has 0 saturated heterocycles. The Balaban J connectivity index is 1.53. The van der Waals surface area contributed by atoms with Gasteiger partial charge < -0.3 is 29.0 Å². The van der Waals surface area contributed by atoms with E-state index in [1.807, 2.05) is 6.07 Å². The quantitative estimate of drug-likeness (QED) is 0.0938. The molecule has 12 heteroatoms. The molecule has 0 atom stereocenters. The van der Waals surface area contributed by atoms with E-state index in [2.05, 4.69) is 31.8 Å². The number of methoxy groups -OCH3 is 4. The van der Waals surface area contributed by atoms with Crippen LogP contribution in [0.3, 0.4) is 0 Å². The van der Waals surface area contributed by atoms with E-state index in [1.165, 1.54) is 46.8 Å². The first-order valence-electron chi connectivity index (χ1n) is 12.4. The van der Waals surface area contributed by atoms with Crippen molar-refractivity contribution < 1.29 is 38.1 Å². The first-order chi connectivity index (χ1) is 19.8. The summed E-state index contributed by atoms with van der Waals surface area (Å²) < 4.78 is 27.5. The third-order valence-corrected chi connectivity index (χ3v) is 6.37. The Morgan fingerprint density at radius 1 is 0.854 bits per heavy atom. The molecule has 0 spiro atoms. The summed E-state index contributed by atoms with van der Waals surface area (Å²) in [5.74, 6) is 0.238. The molecule has 3 rings (SSSR count). The van der Waals surface area contributed by atoms with Crippen molar-refractivity contribution in [2.45, 2.75) is 12.8 Å². The number of amides is 2. The van der Waals surface area contributed by atoms with Crippen LogP contribution in [0, 0.1) is 0 Å². The van der Waals surface area contributed by atoms with Crippen LogP contribution in [0.4, 0.5) is 0 Å². The molecular weight excluding hydrogens is 598 g/mol. The van der Waals surface area contributed by atoms with E-state index in [-0.39, 0.29) is 35.3 Å². The first kappa shape index (κ1) is 31.0. The van der Waals surface area contributed by atoms with Gasteiger partial charge in [-0.05, 0) is 70.4 Å². The number of nitrogens with one attached hydrogen (secondary N) is 2. The summed E-state index contributed by atoms with van der Waals surface area (Å²) >= 11 is 3.34. The van der Waals surface area contributed by atoms with E-state index >= 15 is 0 Å². The summed E-state index contributed by atoms with van der Waals surface area (Å²) in [6, 6.07) is 14.9. The van der Waals surface area contributed by atoms with Crippen LogP contribution < -0.4 is 34.4 Å². The van der Waals surface area contributed by atoms with Gasteiger partial charge >= 0.3 is 5.97 Å². The van der Waals surface area contributed by atoms with Gasteiger partial charge in [-0.25, -0.2) is 10.2 Å². The minimum atomic E-state index is -0.663. The van der Waals surface area contributed by atoms with Gasteiger partial charge in [0.2, 0.25) is 11.7 Å². The van der Waals surface area contributed by atoms with E-state index in [0.717, 1.165) is 0 Å². The molecule has 0 saturated carbocycles. The molecule has 0 aliphatic rings. The van der Waals surface area contributed by atoms with Gasteiger partial charge in [0, 0.05) is 17.4 Å². The SMILES string of the molecule is COc1cc(C=NNC(=O)CCCNC(=O)c2ccccc2Br)ccc1OC(=O)c1cc(OC)c(OC)c(OC)c1. The smallest absolute Gasteiger partial charge is 0.343 e. The van der Waals surface area contributed by atoms with Crippen molar-refractivity contribution in [2.75, 3.05) is 35.0 Å². The number of ether oxygens (including phenoxy) is 5.